The lowest BCUT2D eigenvalue weighted by molar-refractivity contribution is -0.301. The Morgan fingerprint density at radius 2 is 1.42 bits per heavy atom. The van der Waals surface area contributed by atoms with E-state index in [1.54, 1.807) is 0 Å². The second-order valence-electron chi connectivity index (χ2n) is 6.93. The third kappa shape index (κ3) is 3.31. The van der Waals surface area contributed by atoms with Crippen molar-refractivity contribution in [2.45, 2.75) is 17.9 Å². The quantitative estimate of drug-likeness (QED) is 0.557. The van der Waals surface area contributed by atoms with Gasteiger partial charge in [0.05, 0.1) is 5.69 Å². The summed E-state index contributed by atoms with van der Waals surface area (Å²) in [6.45, 7) is 0. The van der Waals surface area contributed by atoms with Crippen LogP contribution in [0.2, 0.25) is 0 Å². The Bertz CT molecular complexity index is 1360. The number of H-pyrrole nitrogens is 1. The van der Waals surface area contributed by atoms with Gasteiger partial charge in [0.2, 0.25) is 0 Å². The Morgan fingerprint density at radius 1 is 0.848 bits per heavy atom. The van der Waals surface area contributed by atoms with Crippen LogP contribution >= 0.6 is 0 Å². The first kappa shape index (κ1) is 22.3. The second-order valence-corrected chi connectivity index (χ2v) is 6.93. The van der Waals surface area contributed by atoms with E-state index in [4.69, 9.17) is 0 Å². The molecule has 172 valence electrons. The zero-order chi connectivity index (χ0) is 24.2. The van der Waals surface area contributed by atoms with E-state index in [1.165, 1.54) is 47.4 Å². The van der Waals surface area contributed by atoms with Crippen LogP contribution in [-0.4, -0.2) is 27.7 Å². The molecule has 6 nitrogen and oxygen atoms in total. The summed E-state index contributed by atoms with van der Waals surface area (Å²) in [5.74, 6) is -3.27. The van der Waals surface area contributed by atoms with Gasteiger partial charge >= 0.3 is 18.0 Å². The lowest BCUT2D eigenvalue weighted by Gasteiger charge is -2.38. The molecular formula is C20H11F7N4O2. The molecule has 13 heteroatoms. The molecule has 2 N–H and O–H groups in total. The lowest BCUT2D eigenvalue weighted by Crippen LogP contribution is -2.59. The number of alkyl halides is 6. The van der Waals surface area contributed by atoms with Crippen LogP contribution in [0.25, 0.3) is 5.69 Å². The molecule has 1 aromatic heterocycles. The highest BCUT2D eigenvalue weighted by Crippen LogP contribution is 2.55. The van der Waals surface area contributed by atoms with Crippen LogP contribution in [0.15, 0.2) is 69.2 Å². The predicted octanol–water partition coefficient (Wildman–Crippen LogP) is 3.86. The molecule has 0 saturated heterocycles. The van der Waals surface area contributed by atoms with Gasteiger partial charge in [0.25, 0.3) is 11.1 Å². The van der Waals surface area contributed by atoms with Crippen LogP contribution in [-0.2, 0) is 5.54 Å². The third-order valence-electron chi connectivity index (χ3n) is 4.95. The summed E-state index contributed by atoms with van der Waals surface area (Å²) in [5.41, 5.74) is -11.3. The van der Waals surface area contributed by atoms with Gasteiger partial charge in [0.15, 0.2) is 0 Å². The SMILES string of the molecule is O=c1[nH]c(=O)n(-c2ccccc2F)c2c1C(C(F)(F)F)(C(F)(F)F)N=C(c1ccccc1)N2. The van der Waals surface area contributed by atoms with Gasteiger partial charge in [0, 0.05) is 5.56 Å². The van der Waals surface area contributed by atoms with Crippen molar-refractivity contribution in [2.24, 2.45) is 4.99 Å². The zero-order valence-corrected chi connectivity index (χ0v) is 16.1. The molecule has 0 amide bonds. The van der Waals surface area contributed by atoms with Crippen molar-refractivity contribution in [2.75, 3.05) is 5.32 Å². The van der Waals surface area contributed by atoms with Crippen molar-refractivity contribution < 1.29 is 30.7 Å². The first-order valence-electron chi connectivity index (χ1n) is 9.09. The standard InChI is InChI=1S/C20H11F7N4O2/c21-11-8-4-5-9-12(11)31-15-13(16(32)29-17(31)33)18(19(22,23)24,20(25,26)27)30-14(28-15)10-6-2-1-3-7-10/h1-9H,(H,28,30)(H,29,32,33). The zero-order valence-electron chi connectivity index (χ0n) is 16.1. The van der Waals surface area contributed by atoms with E-state index in [0.717, 1.165) is 12.1 Å². The monoisotopic (exact) mass is 472 g/mol. The molecule has 0 saturated carbocycles. The molecule has 33 heavy (non-hydrogen) atoms. The number of anilines is 1. The normalized spacial score (nSPS) is 15.4. The number of para-hydroxylation sites is 1. The van der Waals surface area contributed by atoms with Gasteiger partial charge in [0.1, 0.15) is 23.0 Å². The van der Waals surface area contributed by atoms with Gasteiger partial charge in [-0.3, -0.25) is 9.78 Å². The van der Waals surface area contributed by atoms with E-state index >= 15 is 0 Å². The Balaban J connectivity index is 2.21. The molecule has 0 radical (unpaired) electrons. The third-order valence-corrected chi connectivity index (χ3v) is 4.95. The van der Waals surface area contributed by atoms with Crippen molar-refractivity contribution in [3.8, 4) is 5.69 Å². The average molecular weight is 472 g/mol. The summed E-state index contributed by atoms with van der Waals surface area (Å²) in [4.78, 5) is 29.3. The van der Waals surface area contributed by atoms with E-state index < -0.39 is 57.9 Å². The van der Waals surface area contributed by atoms with Crippen LogP contribution in [0.5, 0.6) is 0 Å². The number of amidine groups is 1. The smallest absolute Gasteiger partial charge is 0.325 e. The number of hydrogen-bond donors (Lipinski definition) is 2. The minimum absolute atomic E-state index is 0.200. The van der Waals surface area contributed by atoms with Crippen LogP contribution in [0.4, 0.5) is 36.6 Å². The number of halogens is 7. The summed E-state index contributed by atoms with van der Waals surface area (Å²) in [6.07, 6.45) is -12.3. The summed E-state index contributed by atoms with van der Waals surface area (Å²) in [6, 6.07) is 10.7. The fourth-order valence-electron chi connectivity index (χ4n) is 3.52. The fourth-order valence-corrected chi connectivity index (χ4v) is 3.52. The molecule has 0 fully saturated rings. The van der Waals surface area contributed by atoms with Crippen LogP contribution in [0.1, 0.15) is 11.1 Å². The molecule has 0 bridgehead atoms. The first-order valence-corrected chi connectivity index (χ1v) is 9.09. The molecule has 2 aromatic carbocycles. The van der Waals surface area contributed by atoms with Gasteiger partial charge in [-0.05, 0) is 12.1 Å². The maximum Gasteiger partial charge on any atom is 0.427 e. The predicted molar refractivity (Wildman–Crippen MR) is 103 cm³/mol. The summed E-state index contributed by atoms with van der Waals surface area (Å²) in [7, 11) is 0. The van der Waals surface area contributed by atoms with E-state index in [-0.39, 0.29) is 10.1 Å². The number of nitrogens with one attached hydrogen (secondary N) is 2. The van der Waals surface area contributed by atoms with Gasteiger partial charge in [-0.15, -0.1) is 0 Å². The van der Waals surface area contributed by atoms with E-state index in [0.29, 0.717) is 0 Å². The molecule has 4 rings (SSSR count). The van der Waals surface area contributed by atoms with Crippen molar-refractivity contribution in [1.29, 1.82) is 0 Å². The second kappa shape index (κ2) is 7.32. The maximum atomic E-state index is 14.5. The number of hydrogen-bond acceptors (Lipinski definition) is 4. The Kier molecular flexibility index (Phi) is 4.95. The lowest BCUT2D eigenvalue weighted by atomic mass is 9.87. The summed E-state index contributed by atoms with van der Waals surface area (Å²) >= 11 is 0. The number of fused-ring (bicyclic) bond motifs is 1. The highest BCUT2D eigenvalue weighted by molar-refractivity contribution is 6.09. The number of rotatable bonds is 2. The molecule has 1 aliphatic rings. The molecule has 0 spiro atoms. The first-order chi connectivity index (χ1) is 15.4. The molecule has 0 unspecified atom stereocenters. The average Bonchev–Trinajstić information content (AvgIpc) is 2.73. The van der Waals surface area contributed by atoms with Gasteiger partial charge < -0.3 is 5.32 Å². The fraction of sp³-hybridized carbons (Fsp3) is 0.150. The van der Waals surface area contributed by atoms with Crippen LogP contribution in [0.3, 0.4) is 0 Å². The number of aliphatic imine (C=N–C) groups is 1. The minimum atomic E-state index is -6.16. The molecule has 0 aliphatic carbocycles. The number of benzene rings is 2. The van der Waals surface area contributed by atoms with Crippen molar-refractivity contribution in [3.05, 3.63) is 92.4 Å². The van der Waals surface area contributed by atoms with Crippen LogP contribution < -0.4 is 16.6 Å². The van der Waals surface area contributed by atoms with Crippen molar-refractivity contribution >= 4 is 11.7 Å². The van der Waals surface area contributed by atoms with Gasteiger partial charge in [-0.25, -0.2) is 18.7 Å². The van der Waals surface area contributed by atoms with Crippen molar-refractivity contribution in [3.63, 3.8) is 0 Å². The molecule has 2 heterocycles. The number of nitrogens with zero attached hydrogens (tertiary/aromatic N) is 2. The highest BCUT2D eigenvalue weighted by Gasteiger charge is 2.75. The number of aromatic amines is 1. The molecule has 0 atom stereocenters. The molecule has 3 aromatic rings. The summed E-state index contributed by atoms with van der Waals surface area (Å²) in [5, 5.41) is 2.21. The Hall–Kier alpha value is -3.90. The molecule has 1 aliphatic heterocycles. The van der Waals surface area contributed by atoms with Gasteiger partial charge in [-0.2, -0.15) is 26.3 Å². The van der Waals surface area contributed by atoms with Gasteiger partial charge in [-0.1, -0.05) is 42.5 Å². The Morgan fingerprint density at radius 3 is 2.00 bits per heavy atom. The van der Waals surface area contributed by atoms with E-state index in [9.17, 15) is 40.3 Å². The van der Waals surface area contributed by atoms with Crippen LogP contribution in [0, 0.1) is 5.82 Å². The summed E-state index contributed by atoms with van der Waals surface area (Å²) < 4.78 is 99.8. The van der Waals surface area contributed by atoms with E-state index in [1.807, 2.05) is 0 Å². The van der Waals surface area contributed by atoms with Crippen molar-refractivity contribution in [1.82, 2.24) is 9.55 Å². The molecular weight excluding hydrogens is 461 g/mol. The maximum absolute atomic E-state index is 14.5. The highest BCUT2D eigenvalue weighted by atomic mass is 19.4. The largest absolute Gasteiger partial charge is 0.427 e. The minimum Gasteiger partial charge on any atom is -0.325 e. The Labute approximate surface area is 179 Å². The van der Waals surface area contributed by atoms with E-state index in [2.05, 4.69) is 10.3 Å². The number of aromatic nitrogens is 2. The topological polar surface area (TPSA) is 79.2 Å².